The second-order valence-electron chi connectivity index (χ2n) is 5.04. The van der Waals surface area contributed by atoms with E-state index < -0.39 is 5.97 Å². The molecular weight excluding hydrogens is 252 g/mol. The van der Waals surface area contributed by atoms with E-state index in [1.54, 1.807) is 12.1 Å². The number of hydrogen-bond acceptors (Lipinski definition) is 2. The maximum Gasteiger partial charge on any atom is 0.335 e. The third kappa shape index (κ3) is 2.18. The van der Waals surface area contributed by atoms with E-state index in [1.807, 2.05) is 38.1 Å². The van der Waals surface area contributed by atoms with Gasteiger partial charge in [0.15, 0.2) is 0 Å². The average Bonchev–Trinajstić information content (AvgIpc) is 2.80. The maximum absolute atomic E-state index is 11.1. The van der Waals surface area contributed by atoms with Crippen LogP contribution in [0.2, 0.25) is 0 Å². The van der Waals surface area contributed by atoms with Gasteiger partial charge in [0.05, 0.1) is 5.56 Å². The molecule has 2 aromatic carbocycles. The van der Waals surface area contributed by atoms with Crippen molar-refractivity contribution in [2.45, 2.75) is 13.8 Å². The van der Waals surface area contributed by atoms with Crippen molar-refractivity contribution in [2.24, 2.45) is 0 Å². The molecule has 0 saturated carbocycles. The smallest absolute Gasteiger partial charge is 0.335 e. The number of aromatic carboxylic acids is 1. The van der Waals surface area contributed by atoms with Crippen molar-refractivity contribution in [3.05, 3.63) is 59.2 Å². The first-order valence-electron chi connectivity index (χ1n) is 6.38. The van der Waals surface area contributed by atoms with Gasteiger partial charge in [0, 0.05) is 10.9 Å². The number of aryl methyl sites for hydroxylation is 2. The summed E-state index contributed by atoms with van der Waals surface area (Å²) in [5.41, 5.74) is 3.94. The Bertz CT molecular complexity index is 812. The van der Waals surface area contributed by atoms with Gasteiger partial charge in [0.1, 0.15) is 11.3 Å². The van der Waals surface area contributed by atoms with Crippen LogP contribution in [0.4, 0.5) is 0 Å². The minimum absolute atomic E-state index is 0.275. The predicted molar refractivity (Wildman–Crippen MR) is 78.1 cm³/mol. The van der Waals surface area contributed by atoms with Crippen LogP contribution in [-0.4, -0.2) is 11.1 Å². The SMILES string of the molecule is Cc1cc(C(=O)O)cc(-c2cc3cc(C)ccc3o2)c1. The minimum Gasteiger partial charge on any atom is -0.478 e. The summed E-state index contributed by atoms with van der Waals surface area (Å²) in [5, 5.41) is 10.2. The molecule has 0 unspecified atom stereocenters. The quantitative estimate of drug-likeness (QED) is 0.747. The summed E-state index contributed by atoms with van der Waals surface area (Å²) in [4.78, 5) is 11.1. The van der Waals surface area contributed by atoms with Gasteiger partial charge in [-0.15, -0.1) is 0 Å². The van der Waals surface area contributed by atoms with Crippen LogP contribution in [0.25, 0.3) is 22.3 Å². The van der Waals surface area contributed by atoms with Gasteiger partial charge in [-0.1, -0.05) is 11.6 Å². The number of rotatable bonds is 2. The lowest BCUT2D eigenvalue weighted by atomic mass is 10.0. The third-order valence-electron chi connectivity index (χ3n) is 3.28. The molecule has 0 amide bonds. The molecule has 0 saturated heterocycles. The van der Waals surface area contributed by atoms with E-state index in [0.29, 0.717) is 5.76 Å². The molecule has 1 aromatic heterocycles. The molecule has 0 spiro atoms. The third-order valence-corrected chi connectivity index (χ3v) is 3.28. The van der Waals surface area contributed by atoms with E-state index >= 15 is 0 Å². The lowest BCUT2D eigenvalue weighted by molar-refractivity contribution is 0.0697. The molecule has 0 bridgehead atoms. The van der Waals surface area contributed by atoms with Crippen molar-refractivity contribution in [3.63, 3.8) is 0 Å². The Balaban J connectivity index is 2.17. The van der Waals surface area contributed by atoms with E-state index in [1.165, 1.54) is 5.56 Å². The lowest BCUT2D eigenvalue weighted by Crippen LogP contribution is -1.97. The molecule has 1 heterocycles. The van der Waals surface area contributed by atoms with Gasteiger partial charge in [0.2, 0.25) is 0 Å². The average molecular weight is 266 g/mol. The zero-order valence-electron chi connectivity index (χ0n) is 11.3. The van der Waals surface area contributed by atoms with Gasteiger partial charge < -0.3 is 9.52 Å². The van der Waals surface area contributed by atoms with Crippen LogP contribution in [-0.2, 0) is 0 Å². The van der Waals surface area contributed by atoms with E-state index in [9.17, 15) is 4.79 Å². The molecule has 3 heteroatoms. The number of fused-ring (bicyclic) bond motifs is 1. The van der Waals surface area contributed by atoms with Crippen LogP contribution in [0.5, 0.6) is 0 Å². The van der Waals surface area contributed by atoms with E-state index in [4.69, 9.17) is 9.52 Å². The molecule has 0 aliphatic carbocycles. The number of carboxylic acid groups (broad SMARTS) is 1. The standard InChI is InChI=1S/C17H14O3/c1-10-3-4-15-13(5-10)9-16(20-15)12-6-11(2)7-14(8-12)17(18)19/h3-9H,1-2H3,(H,18,19). The molecule has 0 fully saturated rings. The predicted octanol–water partition coefficient (Wildman–Crippen LogP) is 4.41. The fraction of sp³-hybridized carbons (Fsp3) is 0.118. The van der Waals surface area contributed by atoms with Crippen LogP contribution < -0.4 is 0 Å². The summed E-state index contributed by atoms with van der Waals surface area (Å²) in [6.45, 7) is 3.91. The number of furan rings is 1. The largest absolute Gasteiger partial charge is 0.478 e. The van der Waals surface area contributed by atoms with Crippen molar-refractivity contribution in [3.8, 4) is 11.3 Å². The van der Waals surface area contributed by atoms with Crippen LogP contribution in [0, 0.1) is 13.8 Å². The normalized spacial score (nSPS) is 10.9. The summed E-state index contributed by atoms with van der Waals surface area (Å²) in [6.07, 6.45) is 0. The van der Waals surface area contributed by atoms with Gasteiger partial charge in [-0.2, -0.15) is 0 Å². The zero-order chi connectivity index (χ0) is 14.3. The maximum atomic E-state index is 11.1. The van der Waals surface area contributed by atoms with Crippen molar-refractivity contribution < 1.29 is 14.3 Å². The van der Waals surface area contributed by atoms with Crippen molar-refractivity contribution in [2.75, 3.05) is 0 Å². The van der Waals surface area contributed by atoms with Gasteiger partial charge in [-0.3, -0.25) is 0 Å². The summed E-state index contributed by atoms with van der Waals surface area (Å²) in [7, 11) is 0. The van der Waals surface area contributed by atoms with Gasteiger partial charge in [-0.25, -0.2) is 4.79 Å². The van der Waals surface area contributed by atoms with Gasteiger partial charge in [-0.05, 0) is 55.8 Å². The first-order valence-corrected chi connectivity index (χ1v) is 6.38. The van der Waals surface area contributed by atoms with Crippen LogP contribution in [0.1, 0.15) is 21.5 Å². The van der Waals surface area contributed by atoms with E-state index in [-0.39, 0.29) is 5.56 Å². The van der Waals surface area contributed by atoms with Crippen molar-refractivity contribution >= 4 is 16.9 Å². The molecule has 3 nitrogen and oxygen atoms in total. The summed E-state index contributed by atoms with van der Waals surface area (Å²) in [5.74, 6) is -0.237. The fourth-order valence-electron chi connectivity index (χ4n) is 2.35. The highest BCUT2D eigenvalue weighted by Gasteiger charge is 2.10. The molecule has 0 atom stereocenters. The molecule has 1 N–H and O–H groups in total. The number of benzene rings is 2. The Morgan fingerprint density at radius 3 is 2.55 bits per heavy atom. The lowest BCUT2D eigenvalue weighted by Gasteiger charge is -2.02. The second kappa shape index (κ2) is 4.53. The summed E-state index contributed by atoms with van der Waals surface area (Å²) >= 11 is 0. The van der Waals surface area contributed by atoms with Gasteiger partial charge >= 0.3 is 5.97 Å². The minimum atomic E-state index is -0.929. The number of carboxylic acids is 1. The second-order valence-corrected chi connectivity index (χ2v) is 5.04. The molecule has 0 radical (unpaired) electrons. The monoisotopic (exact) mass is 266 g/mol. The van der Waals surface area contributed by atoms with Crippen molar-refractivity contribution in [1.29, 1.82) is 0 Å². The Labute approximate surface area is 116 Å². The number of carbonyl (C=O) groups is 1. The molecule has 100 valence electrons. The van der Waals surface area contributed by atoms with Gasteiger partial charge in [0.25, 0.3) is 0 Å². The Hall–Kier alpha value is -2.55. The first-order chi connectivity index (χ1) is 9.52. The molecule has 3 rings (SSSR count). The summed E-state index contributed by atoms with van der Waals surface area (Å²) in [6, 6.07) is 13.1. The topological polar surface area (TPSA) is 50.4 Å². The molecule has 3 aromatic rings. The highest BCUT2D eigenvalue weighted by atomic mass is 16.4. The fourth-order valence-corrected chi connectivity index (χ4v) is 2.35. The molecule has 0 aliphatic heterocycles. The first kappa shape index (κ1) is 12.5. The Kier molecular flexibility index (Phi) is 2.83. The Morgan fingerprint density at radius 1 is 1.00 bits per heavy atom. The summed E-state index contributed by atoms with van der Waals surface area (Å²) < 4.78 is 5.81. The van der Waals surface area contributed by atoms with Crippen LogP contribution >= 0.6 is 0 Å². The number of hydrogen-bond donors (Lipinski definition) is 1. The molecule has 20 heavy (non-hydrogen) atoms. The van der Waals surface area contributed by atoms with E-state index in [2.05, 4.69) is 6.07 Å². The molecular formula is C17H14O3. The zero-order valence-corrected chi connectivity index (χ0v) is 11.3. The Morgan fingerprint density at radius 2 is 1.80 bits per heavy atom. The highest BCUT2D eigenvalue weighted by Crippen LogP contribution is 2.29. The van der Waals surface area contributed by atoms with E-state index in [0.717, 1.165) is 22.1 Å². The van der Waals surface area contributed by atoms with Crippen LogP contribution in [0.3, 0.4) is 0 Å². The van der Waals surface area contributed by atoms with Crippen LogP contribution in [0.15, 0.2) is 46.9 Å². The van der Waals surface area contributed by atoms with Crippen molar-refractivity contribution in [1.82, 2.24) is 0 Å². The molecule has 0 aliphatic rings. The highest BCUT2D eigenvalue weighted by molar-refractivity contribution is 5.90.